The lowest BCUT2D eigenvalue weighted by Crippen LogP contribution is -2.36. The molecule has 1 heterocycles. The van der Waals surface area contributed by atoms with Gasteiger partial charge in [-0.05, 0) is 12.8 Å². The van der Waals surface area contributed by atoms with E-state index in [2.05, 4.69) is 28.9 Å². The van der Waals surface area contributed by atoms with E-state index in [1.54, 1.807) is 7.11 Å². The van der Waals surface area contributed by atoms with Gasteiger partial charge in [-0.15, -0.1) is 0 Å². The van der Waals surface area contributed by atoms with Crippen LogP contribution in [0, 0.1) is 0 Å². The summed E-state index contributed by atoms with van der Waals surface area (Å²) in [5, 5.41) is 3.94. The molecule has 6 nitrogen and oxygen atoms in total. The fraction of sp³-hybridized carbons (Fsp3) is 0.833. The fourth-order valence-corrected chi connectivity index (χ4v) is 2.02. The third kappa shape index (κ3) is 4.36. The van der Waals surface area contributed by atoms with Gasteiger partial charge < -0.3 is 15.0 Å². The first kappa shape index (κ1) is 15.1. The van der Waals surface area contributed by atoms with E-state index in [0.717, 1.165) is 19.4 Å². The third-order valence-electron chi connectivity index (χ3n) is 3.07. The second-order valence-corrected chi connectivity index (χ2v) is 4.24. The van der Waals surface area contributed by atoms with E-state index in [-0.39, 0.29) is 6.54 Å². The Balaban J connectivity index is 2.64. The fourth-order valence-electron chi connectivity index (χ4n) is 2.02. The average Bonchev–Trinajstić information content (AvgIpc) is 2.84. The first-order chi connectivity index (χ1) is 8.74. The molecule has 18 heavy (non-hydrogen) atoms. The van der Waals surface area contributed by atoms with Gasteiger partial charge in [0.05, 0.1) is 19.7 Å². The maximum absolute atomic E-state index is 5.46. The molecule has 2 N–H and O–H groups in total. The van der Waals surface area contributed by atoms with Crippen LogP contribution in [0.5, 0.6) is 0 Å². The maximum atomic E-state index is 5.46. The van der Waals surface area contributed by atoms with Crippen molar-refractivity contribution in [2.75, 3.05) is 20.3 Å². The lowest BCUT2D eigenvalue weighted by atomic mass is 10.1. The SMILES string of the molecule is CCC(CC)N(CCOC)Cc1noc(CN)n1. The lowest BCUT2D eigenvalue weighted by molar-refractivity contribution is 0.107. The molecule has 0 aliphatic heterocycles. The van der Waals surface area contributed by atoms with E-state index in [4.69, 9.17) is 15.0 Å². The quantitative estimate of drug-likeness (QED) is 0.714. The predicted octanol–water partition coefficient (Wildman–Crippen LogP) is 1.17. The summed E-state index contributed by atoms with van der Waals surface area (Å²) in [5.74, 6) is 1.18. The highest BCUT2D eigenvalue weighted by atomic mass is 16.5. The van der Waals surface area contributed by atoms with Crippen molar-refractivity contribution in [1.82, 2.24) is 15.0 Å². The smallest absolute Gasteiger partial charge is 0.240 e. The molecule has 0 aliphatic carbocycles. The molecule has 104 valence electrons. The first-order valence-electron chi connectivity index (χ1n) is 6.49. The topological polar surface area (TPSA) is 77.4 Å². The lowest BCUT2D eigenvalue weighted by Gasteiger charge is -2.28. The third-order valence-corrected chi connectivity index (χ3v) is 3.07. The molecule has 6 heteroatoms. The highest BCUT2D eigenvalue weighted by Crippen LogP contribution is 2.12. The van der Waals surface area contributed by atoms with Crippen molar-refractivity contribution in [1.29, 1.82) is 0 Å². The zero-order chi connectivity index (χ0) is 13.4. The Morgan fingerprint density at radius 1 is 1.39 bits per heavy atom. The number of nitrogens with zero attached hydrogens (tertiary/aromatic N) is 3. The molecule has 0 unspecified atom stereocenters. The highest BCUT2D eigenvalue weighted by Gasteiger charge is 2.17. The van der Waals surface area contributed by atoms with Crippen LogP contribution in [0.15, 0.2) is 4.52 Å². The maximum Gasteiger partial charge on any atom is 0.240 e. The van der Waals surface area contributed by atoms with Gasteiger partial charge in [-0.3, -0.25) is 4.90 Å². The molecular weight excluding hydrogens is 232 g/mol. The zero-order valence-electron chi connectivity index (χ0n) is 11.6. The highest BCUT2D eigenvalue weighted by molar-refractivity contribution is 4.87. The number of hydrogen-bond donors (Lipinski definition) is 1. The molecule has 0 aromatic carbocycles. The van der Waals surface area contributed by atoms with Crippen LogP contribution < -0.4 is 5.73 Å². The summed E-state index contributed by atoms with van der Waals surface area (Å²) in [7, 11) is 1.71. The minimum absolute atomic E-state index is 0.288. The first-order valence-corrected chi connectivity index (χ1v) is 6.49. The van der Waals surface area contributed by atoms with Crippen LogP contribution in [-0.4, -0.2) is 41.3 Å². The normalized spacial score (nSPS) is 11.7. The van der Waals surface area contributed by atoms with Gasteiger partial charge in [0.2, 0.25) is 5.89 Å². The van der Waals surface area contributed by atoms with Crippen LogP contribution >= 0.6 is 0 Å². The molecule has 0 spiro atoms. The van der Waals surface area contributed by atoms with Crippen molar-refractivity contribution in [2.45, 2.75) is 45.8 Å². The van der Waals surface area contributed by atoms with E-state index in [9.17, 15) is 0 Å². The molecule has 0 saturated heterocycles. The van der Waals surface area contributed by atoms with Gasteiger partial charge in [-0.1, -0.05) is 19.0 Å². The zero-order valence-corrected chi connectivity index (χ0v) is 11.6. The van der Waals surface area contributed by atoms with Crippen molar-refractivity contribution in [3.05, 3.63) is 11.7 Å². The number of ether oxygens (including phenoxy) is 1. The standard InChI is InChI=1S/C12H24N4O2/c1-4-10(5-2)16(6-7-17-3)9-11-14-12(8-13)18-15-11/h10H,4-9,13H2,1-3H3. The number of nitrogens with two attached hydrogens (primary N) is 1. The molecule has 1 aromatic heterocycles. The summed E-state index contributed by atoms with van der Waals surface area (Å²) < 4.78 is 10.2. The van der Waals surface area contributed by atoms with Crippen LogP contribution in [0.4, 0.5) is 0 Å². The Morgan fingerprint density at radius 3 is 2.61 bits per heavy atom. The monoisotopic (exact) mass is 256 g/mol. The average molecular weight is 256 g/mol. The molecule has 0 amide bonds. The molecule has 0 radical (unpaired) electrons. The molecule has 0 saturated carbocycles. The Bertz CT molecular complexity index is 326. The summed E-state index contributed by atoms with van der Waals surface area (Å²) in [6, 6.07) is 0.514. The largest absolute Gasteiger partial charge is 0.383 e. The summed E-state index contributed by atoms with van der Waals surface area (Å²) in [5.41, 5.74) is 5.46. The molecule has 0 aliphatic rings. The van der Waals surface area contributed by atoms with Gasteiger partial charge >= 0.3 is 0 Å². The second-order valence-electron chi connectivity index (χ2n) is 4.24. The summed E-state index contributed by atoms with van der Waals surface area (Å²) in [6.45, 7) is 6.92. The van der Waals surface area contributed by atoms with Gasteiger partial charge in [0.15, 0.2) is 5.82 Å². The second kappa shape index (κ2) is 8.18. The van der Waals surface area contributed by atoms with Crippen LogP contribution in [0.3, 0.4) is 0 Å². The molecular formula is C12H24N4O2. The minimum atomic E-state index is 0.288. The van der Waals surface area contributed by atoms with Crippen LogP contribution in [-0.2, 0) is 17.8 Å². The summed E-state index contributed by atoms with van der Waals surface area (Å²) in [6.07, 6.45) is 2.20. The van der Waals surface area contributed by atoms with Gasteiger partial charge in [0.25, 0.3) is 0 Å². The van der Waals surface area contributed by atoms with Crippen LogP contribution in [0.1, 0.15) is 38.4 Å². The molecule has 0 atom stereocenters. The number of methoxy groups -OCH3 is 1. The van der Waals surface area contributed by atoms with Crippen molar-refractivity contribution in [3.8, 4) is 0 Å². The predicted molar refractivity (Wildman–Crippen MR) is 68.8 cm³/mol. The van der Waals surface area contributed by atoms with Crippen LogP contribution in [0.25, 0.3) is 0 Å². The van der Waals surface area contributed by atoms with E-state index in [0.29, 0.717) is 30.9 Å². The van der Waals surface area contributed by atoms with E-state index in [1.165, 1.54) is 0 Å². The summed E-state index contributed by atoms with van der Waals surface area (Å²) >= 11 is 0. The van der Waals surface area contributed by atoms with Gasteiger partial charge in [-0.2, -0.15) is 4.98 Å². The van der Waals surface area contributed by atoms with E-state index < -0.39 is 0 Å². The van der Waals surface area contributed by atoms with Crippen molar-refractivity contribution < 1.29 is 9.26 Å². The molecule has 0 fully saturated rings. The molecule has 0 bridgehead atoms. The Kier molecular flexibility index (Phi) is 6.85. The Labute approximate surface area is 108 Å². The minimum Gasteiger partial charge on any atom is -0.383 e. The number of hydrogen-bond acceptors (Lipinski definition) is 6. The summed E-state index contributed by atoms with van der Waals surface area (Å²) in [4.78, 5) is 6.57. The van der Waals surface area contributed by atoms with E-state index in [1.807, 2.05) is 0 Å². The van der Waals surface area contributed by atoms with Gasteiger partial charge in [-0.25, -0.2) is 0 Å². The molecule has 1 aromatic rings. The number of rotatable bonds is 9. The van der Waals surface area contributed by atoms with E-state index >= 15 is 0 Å². The van der Waals surface area contributed by atoms with Crippen molar-refractivity contribution >= 4 is 0 Å². The molecule has 1 rings (SSSR count). The Hall–Kier alpha value is -0.980. The Morgan fingerprint density at radius 2 is 2.11 bits per heavy atom. The van der Waals surface area contributed by atoms with Gasteiger partial charge in [0.1, 0.15) is 0 Å². The number of aromatic nitrogens is 2. The van der Waals surface area contributed by atoms with Crippen LogP contribution in [0.2, 0.25) is 0 Å². The van der Waals surface area contributed by atoms with Crippen molar-refractivity contribution in [3.63, 3.8) is 0 Å². The van der Waals surface area contributed by atoms with Gasteiger partial charge in [0, 0.05) is 19.7 Å². The van der Waals surface area contributed by atoms with Crippen molar-refractivity contribution in [2.24, 2.45) is 5.73 Å².